The van der Waals surface area contributed by atoms with Crippen LogP contribution in [0.5, 0.6) is 0 Å². The van der Waals surface area contributed by atoms with Crippen molar-refractivity contribution in [1.82, 2.24) is 4.90 Å². The van der Waals surface area contributed by atoms with Crippen LogP contribution < -0.4 is 0 Å². The van der Waals surface area contributed by atoms with E-state index in [1.165, 1.54) is 6.42 Å². The Morgan fingerprint density at radius 3 is 2.68 bits per heavy atom. The molecule has 2 rings (SSSR count). The van der Waals surface area contributed by atoms with Gasteiger partial charge in [0.15, 0.2) is 0 Å². The fourth-order valence-electron chi connectivity index (χ4n) is 2.67. The lowest BCUT2D eigenvalue weighted by atomic mass is 9.98. The van der Waals surface area contributed by atoms with E-state index in [-0.39, 0.29) is 0 Å². The lowest BCUT2D eigenvalue weighted by Crippen LogP contribution is -2.45. The fourth-order valence-corrected chi connectivity index (χ4v) is 2.87. The van der Waals surface area contributed by atoms with Crippen LogP contribution in [0.4, 0.5) is 0 Å². The average Bonchev–Trinajstić information content (AvgIpc) is 2.40. The van der Waals surface area contributed by atoms with E-state index in [1.807, 2.05) is 25.1 Å². The largest absolute Gasteiger partial charge is 0.480 e. The summed E-state index contributed by atoms with van der Waals surface area (Å²) in [6.45, 7) is 3.77. The van der Waals surface area contributed by atoms with Gasteiger partial charge >= 0.3 is 5.97 Å². The number of nitrogens with zero attached hydrogens (tertiary/aromatic N) is 1. The van der Waals surface area contributed by atoms with Crippen molar-refractivity contribution in [1.29, 1.82) is 0 Å². The molecular formula is C15H20ClNO2. The second-order valence-electron chi connectivity index (χ2n) is 5.23. The molecule has 0 amide bonds. The van der Waals surface area contributed by atoms with Crippen molar-refractivity contribution in [2.24, 2.45) is 0 Å². The molecule has 0 saturated carbocycles. The Kier molecular flexibility index (Phi) is 4.83. The van der Waals surface area contributed by atoms with Gasteiger partial charge in [-0.15, -0.1) is 0 Å². The summed E-state index contributed by atoms with van der Waals surface area (Å²) in [4.78, 5) is 13.6. The van der Waals surface area contributed by atoms with Crippen molar-refractivity contribution >= 4 is 17.6 Å². The molecule has 1 aliphatic heterocycles. The van der Waals surface area contributed by atoms with Gasteiger partial charge in [-0.25, -0.2) is 0 Å². The van der Waals surface area contributed by atoms with Gasteiger partial charge in [-0.1, -0.05) is 24.1 Å². The first-order valence-electron chi connectivity index (χ1n) is 6.80. The summed E-state index contributed by atoms with van der Waals surface area (Å²) in [6, 6.07) is 5.25. The third-order valence-electron chi connectivity index (χ3n) is 3.84. The number of rotatable bonds is 4. The maximum Gasteiger partial charge on any atom is 0.321 e. The first-order chi connectivity index (χ1) is 9.08. The number of carboxylic acids is 1. The Morgan fingerprint density at radius 2 is 2.05 bits per heavy atom. The van der Waals surface area contributed by atoms with Crippen LogP contribution in [0.15, 0.2) is 18.2 Å². The van der Waals surface area contributed by atoms with Gasteiger partial charge in [-0.2, -0.15) is 0 Å². The molecule has 1 saturated heterocycles. The zero-order chi connectivity index (χ0) is 13.8. The van der Waals surface area contributed by atoms with E-state index in [2.05, 4.69) is 4.90 Å². The first-order valence-corrected chi connectivity index (χ1v) is 7.17. The summed E-state index contributed by atoms with van der Waals surface area (Å²) in [5, 5.41) is 10.1. The monoisotopic (exact) mass is 281 g/mol. The van der Waals surface area contributed by atoms with E-state index in [0.29, 0.717) is 11.4 Å². The molecule has 4 heteroatoms. The topological polar surface area (TPSA) is 40.5 Å². The van der Waals surface area contributed by atoms with Gasteiger partial charge in [-0.3, -0.25) is 9.69 Å². The molecule has 1 atom stereocenters. The van der Waals surface area contributed by atoms with Gasteiger partial charge < -0.3 is 5.11 Å². The Labute approximate surface area is 119 Å². The van der Waals surface area contributed by atoms with Crippen molar-refractivity contribution in [3.63, 3.8) is 0 Å². The minimum atomic E-state index is -0.735. The second-order valence-corrected chi connectivity index (χ2v) is 5.66. The molecule has 1 heterocycles. The van der Waals surface area contributed by atoms with Crippen molar-refractivity contribution in [3.8, 4) is 0 Å². The van der Waals surface area contributed by atoms with E-state index in [9.17, 15) is 9.90 Å². The molecule has 0 bridgehead atoms. The SMILES string of the molecule is Cc1ccc(Cl)cc1C[C@H](C(=O)O)N1CCCCC1. The number of carbonyl (C=O) groups is 1. The van der Waals surface area contributed by atoms with Crippen LogP contribution in [0.2, 0.25) is 5.02 Å². The Hall–Kier alpha value is -1.06. The molecule has 1 aromatic carbocycles. The van der Waals surface area contributed by atoms with Gasteiger partial charge in [0, 0.05) is 5.02 Å². The van der Waals surface area contributed by atoms with Crippen LogP contribution in [-0.2, 0) is 11.2 Å². The lowest BCUT2D eigenvalue weighted by molar-refractivity contribution is -0.143. The quantitative estimate of drug-likeness (QED) is 0.922. The first kappa shape index (κ1) is 14.4. The number of hydrogen-bond donors (Lipinski definition) is 1. The normalized spacial score (nSPS) is 18.2. The molecule has 1 aliphatic rings. The van der Waals surface area contributed by atoms with Crippen LogP contribution >= 0.6 is 11.6 Å². The molecule has 0 aromatic heterocycles. The summed E-state index contributed by atoms with van der Waals surface area (Å²) in [7, 11) is 0. The predicted octanol–water partition coefficient (Wildman–Crippen LogP) is 3.13. The maximum absolute atomic E-state index is 11.5. The summed E-state index contributed by atoms with van der Waals surface area (Å²) in [6.07, 6.45) is 3.93. The zero-order valence-electron chi connectivity index (χ0n) is 11.2. The minimum Gasteiger partial charge on any atom is -0.480 e. The summed E-state index contributed by atoms with van der Waals surface area (Å²) in [5.74, 6) is -0.735. The van der Waals surface area contributed by atoms with Crippen LogP contribution in [0, 0.1) is 6.92 Å². The maximum atomic E-state index is 11.5. The van der Waals surface area contributed by atoms with Gasteiger partial charge in [0.1, 0.15) is 6.04 Å². The van der Waals surface area contributed by atoms with E-state index in [4.69, 9.17) is 11.6 Å². The molecule has 1 aromatic rings. The van der Waals surface area contributed by atoms with E-state index in [1.54, 1.807) is 0 Å². The Morgan fingerprint density at radius 1 is 1.37 bits per heavy atom. The van der Waals surface area contributed by atoms with E-state index in [0.717, 1.165) is 37.1 Å². The number of halogens is 1. The molecular weight excluding hydrogens is 262 g/mol. The van der Waals surface area contributed by atoms with Crippen LogP contribution in [-0.4, -0.2) is 35.1 Å². The molecule has 0 unspecified atom stereocenters. The number of carboxylic acid groups (broad SMARTS) is 1. The number of piperidine rings is 1. The highest BCUT2D eigenvalue weighted by atomic mass is 35.5. The highest BCUT2D eigenvalue weighted by Gasteiger charge is 2.27. The molecule has 3 nitrogen and oxygen atoms in total. The van der Waals surface area contributed by atoms with Crippen molar-refractivity contribution in [2.45, 2.75) is 38.6 Å². The van der Waals surface area contributed by atoms with Gasteiger partial charge in [0.05, 0.1) is 0 Å². The predicted molar refractivity (Wildman–Crippen MR) is 76.7 cm³/mol. The molecule has 19 heavy (non-hydrogen) atoms. The second kappa shape index (κ2) is 6.40. The standard InChI is InChI=1S/C15H20ClNO2/c1-11-5-6-13(16)9-12(11)10-14(15(18)19)17-7-3-2-4-8-17/h5-6,9,14H,2-4,7-8,10H2,1H3,(H,18,19)/t14-/m1/s1. The molecule has 1 fully saturated rings. The number of aliphatic carboxylic acids is 1. The highest BCUT2D eigenvalue weighted by molar-refractivity contribution is 6.30. The third-order valence-corrected chi connectivity index (χ3v) is 4.08. The smallest absolute Gasteiger partial charge is 0.321 e. The van der Waals surface area contributed by atoms with Crippen LogP contribution in [0.25, 0.3) is 0 Å². The number of aryl methyl sites for hydroxylation is 1. The molecule has 104 valence electrons. The van der Waals surface area contributed by atoms with Gasteiger partial charge in [0.2, 0.25) is 0 Å². The molecule has 0 radical (unpaired) electrons. The lowest BCUT2D eigenvalue weighted by Gasteiger charge is -2.32. The third kappa shape index (κ3) is 3.71. The zero-order valence-corrected chi connectivity index (χ0v) is 12.0. The number of likely N-dealkylation sites (tertiary alicyclic amines) is 1. The van der Waals surface area contributed by atoms with Gasteiger partial charge in [-0.05, 0) is 62.5 Å². The van der Waals surface area contributed by atoms with Crippen LogP contribution in [0.1, 0.15) is 30.4 Å². The van der Waals surface area contributed by atoms with E-state index >= 15 is 0 Å². The minimum absolute atomic E-state index is 0.433. The average molecular weight is 282 g/mol. The molecule has 0 spiro atoms. The highest BCUT2D eigenvalue weighted by Crippen LogP contribution is 2.20. The van der Waals surface area contributed by atoms with Crippen LogP contribution in [0.3, 0.4) is 0 Å². The van der Waals surface area contributed by atoms with Crippen molar-refractivity contribution in [2.75, 3.05) is 13.1 Å². The van der Waals surface area contributed by atoms with E-state index < -0.39 is 12.0 Å². The van der Waals surface area contributed by atoms with Crippen molar-refractivity contribution in [3.05, 3.63) is 34.3 Å². The summed E-state index contributed by atoms with van der Waals surface area (Å²) in [5.41, 5.74) is 2.14. The summed E-state index contributed by atoms with van der Waals surface area (Å²) >= 11 is 6.00. The molecule has 1 N–H and O–H groups in total. The van der Waals surface area contributed by atoms with Crippen molar-refractivity contribution < 1.29 is 9.90 Å². The fraction of sp³-hybridized carbons (Fsp3) is 0.533. The Balaban J connectivity index is 2.15. The van der Waals surface area contributed by atoms with Gasteiger partial charge in [0.25, 0.3) is 0 Å². The Bertz CT molecular complexity index is 455. The number of benzene rings is 1. The summed E-state index contributed by atoms with van der Waals surface area (Å²) < 4.78 is 0. The number of hydrogen-bond acceptors (Lipinski definition) is 2. The molecule has 0 aliphatic carbocycles.